The van der Waals surface area contributed by atoms with Crippen LogP contribution < -0.4 is 10.5 Å². The highest BCUT2D eigenvalue weighted by atomic mass is 32.2. The lowest BCUT2D eigenvalue weighted by Gasteiger charge is -2.30. The van der Waals surface area contributed by atoms with Gasteiger partial charge in [-0.1, -0.05) is 13.8 Å². The van der Waals surface area contributed by atoms with E-state index in [0.29, 0.717) is 12.8 Å². The Balaban J connectivity index is 4.75. The molecule has 0 radical (unpaired) electrons. The predicted octanol–water partition coefficient (Wildman–Crippen LogP) is -0.532. The first kappa shape index (κ1) is 16.8. The second kappa shape index (κ2) is 6.12. The molecule has 104 valence electrons. The smallest absolute Gasteiger partial charge is 0.213 e. The maximum atomic E-state index is 11.7. The van der Waals surface area contributed by atoms with E-state index in [1.165, 1.54) is 0 Å². The van der Waals surface area contributed by atoms with Gasteiger partial charge in [0.2, 0.25) is 10.0 Å². The van der Waals surface area contributed by atoms with Gasteiger partial charge in [0, 0.05) is 18.3 Å². The summed E-state index contributed by atoms with van der Waals surface area (Å²) in [6.45, 7) is 3.88. The van der Waals surface area contributed by atoms with Crippen molar-refractivity contribution >= 4 is 19.9 Å². The minimum atomic E-state index is -3.62. The van der Waals surface area contributed by atoms with Crippen molar-refractivity contribution in [3.05, 3.63) is 0 Å². The van der Waals surface area contributed by atoms with E-state index in [1.54, 1.807) is 0 Å². The predicted molar refractivity (Wildman–Crippen MR) is 69.0 cm³/mol. The fraction of sp³-hybridized carbons (Fsp3) is 1.00. The topological polar surface area (TPSA) is 106 Å². The highest BCUT2D eigenvalue weighted by Gasteiger charge is 2.30. The second-order valence-electron chi connectivity index (χ2n) is 4.24. The van der Waals surface area contributed by atoms with Gasteiger partial charge >= 0.3 is 0 Å². The zero-order chi connectivity index (χ0) is 13.7. The van der Waals surface area contributed by atoms with E-state index in [-0.39, 0.29) is 12.3 Å². The lowest BCUT2D eigenvalue weighted by Crippen LogP contribution is -2.53. The van der Waals surface area contributed by atoms with Crippen LogP contribution in [0.5, 0.6) is 0 Å². The summed E-state index contributed by atoms with van der Waals surface area (Å²) < 4.78 is 47.9. The SMILES string of the molecule is CCC(CC)(CN)NS(=O)(=O)CCS(C)(=O)=O. The second-order valence-corrected chi connectivity index (χ2v) is 8.34. The van der Waals surface area contributed by atoms with Crippen LogP contribution in [0.25, 0.3) is 0 Å². The average Bonchev–Trinajstić information content (AvgIpc) is 2.23. The first-order valence-electron chi connectivity index (χ1n) is 5.49. The molecule has 0 heterocycles. The Kier molecular flexibility index (Phi) is 6.06. The molecule has 6 nitrogen and oxygen atoms in total. The van der Waals surface area contributed by atoms with Crippen molar-refractivity contribution in [3.63, 3.8) is 0 Å². The fourth-order valence-electron chi connectivity index (χ4n) is 1.37. The van der Waals surface area contributed by atoms with E-state index < -0.39 is 31.2 Å². The Morgan fingerprint density at radius 1 is 1.06 bits per heavy atom. The minimum absolute atomic E-state index is 0.193. The van der Waals surface area contributed by atoms with Gasteiger partial charge in [-0.25, -0.2) is 21.6 Å². The summed E-state index contributed by atoms with van der Waals surface area (Å²) in [5, 5.41) is 0. The molecule has 0 unspecified atom stereocenters. The fourth-order valence-corrected chi connectivity index (χ4v) is 4.59. The van der Waals surface area contributed by atoms with E-state index in [4.69, 9.17) is 5.73 Å². The van der Waals surface area contributed by atoms with Gasteiger partial charge in [-0.2, -0.15) is 0 Å². The molecule has 0 bridgehead atoms. The molecular formula is C9H22N2O4S2. The maximum absolute atomic E-state index is 11.7. The van der Waals surface area contributed by atoms with Crippen molar-refractivity contribution in [2.24, 2.45) is 5.73 Å². The normalized spacial score (nSPS) is 13.9. The summed E-state index contributed by atoms with van der Waals surface area (Å²) in [5.74, 6) is -0.802. The van der Waals surface area contributed by atoms with Crippen molar-refractivity contribution in [2.45, 2.75) is 32.2 Å². The van der Waals surface area contributed by atoms with Gasteiger partial charge in [-0.15, -0.1) is 0 Å². The van der Waals surface area contributed by atoms with E-state index in [2.05, 4.69) is 4.72 Å². The number of hydrogen-bond acceptors (Lipinski definition) is 5. The Morgan fingerprint density at radius 2 is 1.53 bits per heavy atom. The summed E-state index contributed by atoms with van der Waals surface area (Å²) in [6.07, 6.45) is 2.15. The van der Waals surface area contributed by atoms with Crippen LogP contribution in [0.4, 0.5) is 0 Å². The van der Waals surface area contributed by atoms with Gasteiger partial charge in [-0.05, 0) is 12.8 Å². The number of rotatable bonds is 8. The third-order valence-corrected chi connectivity index (χ3v) is 5.53. The molecule has 0 rings (SSSR count). The third-order valence-electron chi connectivity index (χ3n) is 2.84. The molecule has 8 heteroatoms. The molecule has 0 aromatic rings. The first-order valence-corrected chi connectivity index (χ1v) is 9.20. The Bertz CT molecular complexity index is 416. The number of nitrogens with one attached hydrogen (secondary N) is 1. The first-order chi connectivity index (χ1) is 7.60. The lowest BCUT2D eigenvalue weighted by atomic mass is 9.95. The van der Waals surface area contributed by atoms with Crippen LogP contribution in [-0.2, 0) is 19.9 Å². The van der Waals surface area contributed by atoms with Crippen LogP contribution in [0.2, 0.25) is 0 Å². The van der Waals surface area contributed by atoms with Crippen LogP contribution in [0.15, 0.2) is 0 Å². The maximum Gasteiger partial charge on any atom is 0.213 e. The van der Waals surface area contributed by atoms with E-state index in [9.17, 15) is 16.8 Å². The van der Waals surface area contributed by atoms with Gasteiger partial charge < -0.3 is 5.73 Å². The third kappa shape index (κ3) is 6.35. The van der Waals surface area contributed by atoms with Crippen LogP contribution in [0, 0.1) is 0 Å². The molecule has 3 N–H and O–H groups in total. The standard InChI is InChI=1S/C9H22N2O4S2/c1-4-9(5-2,8-10)11-17(14,15)7-6-16(3,12)13/h11H,4-8,10H2,1-3H3. The van der Waals surface area contributed by atoms with E-state index in [1.807, 2.05) is 13.8 Å². The minimum Gasteiger partial charge on any atom is -0.329 e. The molecule has 0 fully saturated rings. The molecule has 0 amide bonds. The van der Waals surface area contributed by atoms with Gasteiger partial charge in [0.25, 0.3) is 0 Å². The van der Waals surface area contributed by atoms with Crippen molar-refractivity contribution < 1.29 is 16.8 Å². The molecular weight excluding hydrogens is 264 g/mol. The molecule has 0 atom stereocenters. The molecule has 17 heavy (non-hydrogen) atoms. The van der Waals surface area contributed by atoms with Crippen LogP contribution in [-0.4, -0.2) is 46.7 Å². The summed E-state index contributed by atoms with van der Waals surface area (Å²) in [4.78, 5) is 0. The van der Waals surface area contributed by atoms with Crippen LogP contribution in [0.1, 0.15) is 26.7 Å². The van der Waals surface area contributed by atoms with Crippen molar-refractivity contribution in [2.75, 3.05) is 24.3 Å². The van der Waals surface area contributed by atoms with E-state index >= 15 is 0 Å². The van der Waals surface area contributed by atoms with Crippen LogP contribution >= 0.6 is 0 Å². The number of sulfonamides is 1. The van der Waals surface area contributed by atoms with Crippen molar-refractivity contribution in [1.29, 1.82) is 0 Å². The largest absolute Gasteiger partial charge is 0.329 e. The summed E-state index contributed by atoms with van der Waals surface area (Å²) >= 11 is 0. The molecule has 0 spiro atoms. The Labute approximate surface area is 104 Å². The number of sulfone groups is 1. The molecule has 0 saturated heterocycles. The summed E-state index contributed by atoms with van der Waals surface area (Å²) in [7, 11) is -6.90. The Morgan fingerprint density at radius 3 is 1.82 bits per heavy atom. The summed E-state index contributed by atoms with van der Waals surface area (Å²) in [6, 6.07) is 0. The summed E-state index contributed by atoms with van der Waals surface area (Å²) in [5.41, 5.74) is 4.90. The highest BCUT2D eigenvalue weighted by Crippen LogP contribution is 2.14. The van der Waals surface area contributed by atoms with E-state index in [0.717, 1.165) is 6.26 Å². The van der Waals surface area contributed by atoms with Gasteiger partial charge in [0.1, 0.15) is 9.84 Å². The van der Waals surface area contributed by atoms with Crippen molar-refractivity contribution in [1.82, 2.24) is 4.72 Å². The zero-order valence-corrected chi connectivity index (χ0v) is 12.2. The van der Waals surface area contributed by atoms with Crippen LogP contribution in [0.3, 0.4) is 0 Å². The van der Waals surface area contributed by atoms with Gasteiger partial charge in [0.15, 0.2) is 0 Å². The monoisotopic (exact) mass is 286 g/mol. The molecule has 0 saturated carbocycles. The molecule has 0 aromatic carbocycles. The molecule has 0 aromatic heterocycles. The molecule has 0 aliphatic heterocycles. The number of nitrogens with two attached hydrogens (primary N) is 1. The zero-order valence-electron chi connectivity index (χ0n) is 10.6. The number of hydrogen-bond donors (Lipinski definition) is 2. The highest BCUT2D eigenvalue weighted by molar-refractivity contribution is 7.93. The lowest BCUT2D eigenvalue weighted by molar-refractivity contribution is 0.363. The molecule has 0 aliphatic rings. The molecule has 0 aliphatic carbocycles. The Hall–Kier alpha value is -0.180. The van der Waals surface area contributed by atoms with Gasteiger partial charge in [0.05, 0.1) is 11.5 Å². The van der Waals surface area contributed by atoms with Gasteiger partial charge in [-0.3, -0.25) is 0 Å². The quantitative estimate of drug-likeness (QED) is 0.624. The average molecular weight is 286 g/mol. The van der Waals surface area contributed by atoms with Crippen molar-refractivity contribution in [3.8, 4) is 0 Å².